The van der Waals surface area contributed by atoms with Crippen molar-refractivity contribution < 1.29 is 4.74 Å². The molecule has 21 heavy (non-hydrogen) atoms. The molecule has 0 heterocycles. The summed E-state index contributed by atoms with van der Waals surface area (Å²) in [6.07, 6.45) is 7.60. The van der Waals surface area contributed by atoms with Crippen molar-refractivity contribution in [1.29, 1.82) is 0 Å². The standard InChI is InChI=1S/C19H29NO/c1-18(2,3)15-5-9-17(10-6-15)21-19(11-4-12-19)13-14-20-16-7-8-16/h5-6,9-10,16,20H,4,7-8,11-14H2,1-3H3. The number of rotatable bonds is 6. The molecular weight excluding hydrogens is 258 g/mol. The third-order valence-corrected chi connectivity index (χ3v) is 4.91. The van der Waals surface area contributed by atoms with Crippen LogP contribution >= 0.6 is 0 Å². The van der Waals surface area contributed by atoms with Gasteiger partial charge >= 0.3 is 0 Å². The first-order valence-corrected chi connectivity index (χ1v) is 8.50. The van der Waals surface area contributed by atoms with Gasteiger partial charge in [-0.25, -0.2) is 0 Å². The van der Waals surface area contributed by atoms with Crippen molar-refractivity contribution in [2.24, 2.45) is 0 Å². The molecule has 0 aromatic heterocycles. The molecule has 0 saturated heterocycles. The first-order valence-electron chi connectivity index (χ1n) is 8.50. The van der Waals surface area contributed by atoms with Crippen LogP contribution in [0.25, 0.3) is 0 Å². The summed E-state index contributed by atoms with van der Waals surface area (Å²) < 4.78 is 6.37. The molecule has 1 N–H and O–H groups in total. The molecule has 0 radical (unpaired) electrons. The zero-order valence-electron chi connectivity index (χ0n) is 13.7. The average molecular weight is 287 g/mol. The smallest absolute Gasteiger partial charge is 0.120 e. The SMILES string of the molecule is CC(C)(C)c1ccc(OC2(CCNC3CC3)CCC2)cc1. The molecule has 2 aliphatic carbocycles. The minimum Gasteiger partial charge on any atom is -0.487 e. The molecule has 2 fully saturated rings. The van der Waals surface area contributed by atoms with Crippen LogP contribution in [0, 0.1) is 0 Å². The quantitative estimate of drug-likeness (QED) is 0.836. The second kappa shape index (κ2) is 5.64. The summed E-state index contributed by atoms with van der Waals surface area (Å²) >= 11 is 0. The molecule has 2 aliphatic rings. The van der Waals surface area contributed by atoms with Crippen LogP contribution in [-0.4, -0.2) is 18.2 Å². The van der Waals surface area contributed by atoms with E-state index in [4.69, 9.17) is 4.74 Å². The lowest BCUT2D eigenvalue weighted by Gasteiger charge is -2.42. The van der Waals surface area contributed by atoms with Crippen LogP contribution in [0.4, 0.5) is 0 Å². The van der Waals surface area contributed by atoms with Gasteiger partial charge in [0.15, 0.2) is 0 Å². The molecule has 1 aromatic carbocycles. The normalized spacial score (nSPS) is 20.9. The van der Waals surface area contributed by atoms with Gasteiger partial charge in [-0.1, -0.05) is 32.9 Å². The van der Waals surface area contributed by atoms with Crippen molar-refractivity contribution in [2.75, 3.05) is 6.54 Å². The Morgan fingerprint density at radius 3 is 2.29 bits per heavy atom. The zero-order valence-corrected chi connectivity index (χ0v) is 13.7. The van der Waals surface area contributed by atoms with E-state index in [0.717, 1.165) is 24.8 Å². The molecule has 1 aromatic rings. The zero-order chi connectivity index (χ0) is 14.9. The fourth-order valence-electron chi connectivity index (χ4n) is 3.04. The first kappa shape index (κ1) is 14.9. The van der Waals surface area contributed by atoms with E-state index in [0.29, 0.717) is 0 Å². The molecule has 116 valence electrons. The van der Waals surface area contributed by atoms with Crippen LogP contribution in [0.3, 0.4) is 0 Å². The molecule has 0 amide bonds. The average Bonchev–Trinajstić information content (AvgIpc) is 3.19. The predicted molar refractivity (Wildman–Crippen MR) is 88.0 cm³/mol. The Hall–Kier alpha value is -1.02. The summed E-state index contributed by atoms with van der Waals surface area (Å²) in [7, 11) is 0. The van der Waals surface area contributed by atoms with E-state index in [1.54, 1.807) is 0 Å². The van der Waals surface area contributed by atoms with Crippen LogP contribution in [0.15, 0.2) is 24.3 Å². The Morgan fingerprint density at radius 1 is 1.14 bits per heavy atom. The molecule has 0 spiro atoms. The van der Waals surface area contributed by atoms with Crippen LogP contribution in [-0.2, 0) is 5.41 Å². The van der Waals surface area contributed by atoms with Crippen LogP contribution in [0.5, 0.6) is 5.75 Å². The molecule has 2 nitrogen and oxygen atoms in total. The van der Waals surface area contributed by atoms with E-state index in [1.165, 1.54) is 37.7 Å². The fourth-order valence-corrected chi connectivity index (χ4v) is 3.04. The molecular formula is C19H29NO. The highest BCUT2D eigenvalue weighted by Crippen LogP contribution is 2.39. The van der Waals surface area contributed by atoms with Crippen molar-refractivity contribution >= 4 is 0 Å². The minimum absolute atomic E-state index is 0.102. The summed E-state index contributed by atoms with van der Waals surface area (Å²) in [6.45, 7) is 7.85. The molecule has 3 rings (SSSR count). The topological polar surface area (TPSA) is 21.3 Å². The summed E-state index contributed by atoms with van der Waals surface area (Å²) in [5, 5.41) is 3.62. The van der Waals surface area contributed by atoms with E-state index in [-0.39, 0.29) is 11.0 Å². The largest absolute Gasteiger partial charge is 0.487 e. The van der Waals surface area contributed by atoms with Gasteiger partial charge in [-0.05, 0) is 68.2 Å². The van der Waals surface area contributed by atoms with Gasteiger partial charge in [-0.2, -0.15) is 0 Å². The van der Waals surface area contributed by atoms with Gasteiger partial charge in [0, 0.05) is 6.04 Å². The van der Waals surface area contributed by atoms with E-state index >= 15 is 0 Å². The predicted octanol–water partition coefficient (Wildman–Crippen LogP) is 4.43. The van der Waals surface area contributed by atoms with E-state index in [1.807, 2.05) is 0 Å². The highest BCUT2D eigenvalue weighted by Gasteiger charge is 2.39. The molecule has 0 unspecified atom stereocenters. The number of nitrogens with one attached hydrogen (secondary N) is 1. The maximum absolute atomic E-state index is 6.37. The van der Waals surface area contributed by atoms with Crippen LogP contribution in [0.1, 0.15) is 64.9 Å². The molecule has 2 saturated carbocycles. The third-order valence-electron chi connectivity index (χ3n) is 4.91. The van der Waals surface area contributed by atoms with E-state index < -0.39 is 0 Å². The number of hydrogen-bond acceptors (Lipinski definition) is 2. The number of benzene rings is 1. The van der Waals surface area contributed by atoms with Crippen molar-refractivity contribution in [3.8, 4) is 5.75 Å². The Balaban J connectivity index is 1.57. The lowest BCUT2D eigenvalue weighted by atomic mass is 9.77. The van der Waals surface area contributed by atoms with Crippen molar-refractivity contribution in [2.45, 2.75) is 76.4 Å². The fraction of sp³-hybridized carbons (Fsp3) is 0.684. The van der Waals surface area contributed by atoms with E-state index in [9.17, 15) is 0 Å². The third kappa shape index (κ3) is 3.79. The first-order chi connectivity index (χ1) is 9.97. The Kier molecular flexibility index (Phi) is 4.00. The Bertz CT molecular complexity index is 463. The van der Waals surface area contributed by atoms with Crippen molar-refractivity contribution in [3.05, 3.63) is 29.8 Å². The second-order valence-corrected chi connectivity index (χ2v) is 7.89. The maximum atomic E-state index is 6.37. The monoisotopic (exact) mass is 287 g/mol. The van der Waals surface area contributed by atoms with Crippen LogP contribution in [0.2, 0.25) is 0 Å². The molecule has 0 aliphatic heterocycles. The Labute approximate surface area is 129 Å². The highest BCUT2D eigenvalue weighted by molar-refractivity contribution is 5.31. The number of ether oxygens (including phenoxy) is 1. The van der Waals surface area contributed by atoms with Crippen LogP contribution < -0.4 is 10.1 Å². The lowest BCUT2D eigenvalue weighted by molar-refractivity contribution is -0.0143. The second-order valence-electron chi connectivity index (χ2n) is 7.89. The van der Waals surface area contributed by atoms with Gasteiger partial charge in [0.05, 0.1) is 0 Å². The summed E-state index contributed by atoms with van der Waals surface area (Å²) in [6, 6.07) is 9.52. The summed E-state index contributed by atoms with van der Waals surface area (Å²) in [4.78, 5) is 0. The minimum atomic E-state index is 0.102. The van der Waals surface area contributed by atoms with Gasteiger partial charge in [0.2, 0.25) is 0 Å². The van der Waals surface area contributed by atoms with E-state index in [2.05, 4.69) is 50.4 Å². The summed E-state index contributed by atoms with van der Waals surface area (Å²) in [5.74, 6) is 1.04. The molecule has 0 atom stereocenters. The lowest BCUT2D eigenvalue weighted by Crippen LogP contribution is -2.45. The highest BCUT2D eigenvalue weighted by atomic mass is 16.5. The summed E-state index contributed by atoms with van der Waals surface area (Å²) in [5.41, 5.74) is 1.68. The van der Waals surface area contributed by atoms with Gasteiger partial charge < -0.3 is 10.1 Å². The maximum Gasteiger partial charge on any atom is 0.120 e. The van der Waals surface area contributed by atoms with Crippen molar-refractivity contribution in [3.63, 3.8) is 0 Å². The van der Waals surface area contributed by atoms with Gasteiger partial charge in [0.25, 0.3) is 0 Å². The van der Waals surface area contributed by atoms with Gasteiger partial charge in [-0.3, -0.25) is 0 Å². The van der Waals surface area contributed by atoms with Crippen molar-refractivity contribution in [1.82, 2.24) is 5.32 Å². The van der Waals surface area contributed by atoms with Gasteiger partial charge in [0.1, 0.15) is 11.4 Å². The Morgan fingerprint density at radius 2 is 1.81 bits per heavy atom. The number of hydrogen-bond donors (Lipinski definition) is 1. The van der Waals surface area contributed by atoms with Gasteiger partial charge in [-0.15, -0.1) is 0 Å². The molecule has 2 heteroatoms. The molecule has 0 bridgehead atoms.